The van der Waals surface area contributed by atoms with Crippen LogP contribution >= 0.6 is 23.2 Å². The third-order valence-corrected chi connectivity index (χ3v) is 3.53. The maximum Gasteiger partial charge on any atom is 0.120 e. The Morgan fingerprint density at radius 3 is 1.70 bits per heavy atom. The third-order valence-electron chi connectivity index (χ3n) is 3.53. The van der Waals surface area contributed by atoms with Crippen molar-refractivity contribution in [3.8, 4) is 0 Å². The van der Waals surface area contributed by atoms with Crippen LogP contribution in [0.3, 0.4) is 0 Å². The fraction of sp³-hybridized carbons (Fsp3) is 0.556. The molecule has 0 saturated carbocycles. The number of hydrogen-bond donors (Lipinski definition) is 1. The molecule has 0 amide bonds. The molecule has 0 aliphatic carbocycles. The van der Waals surface area contributed by atoms with Crippen molar-refractivity contribution in [2.24, 2.45) is 0 Å². The van der Waals surface area contributed by atoms with E-state index in [9.17, 15) is 5.11 Å². The van der Waals surface area contributed by atoms with Gasteiger partial charge in [-0.2, -0.15) is 0 Å². The van der Waals surface area contributed by atoms with Crippen LogP contribution in [0.1, 0.15) is 38.8 Å². The van der Waals surface area contributed by atoms with Crippen LogP contribution in [0.4, 0.5) is 0 Å². The summed E-state index contributed by atoms with van der Waals surface area (Å²) < 4.78 is 0. The molecule has 0 unspecified atom stereocenters. The minimum atomic E-state index is -0.377. The van der Waals surface area contributed by atoms with Gasteiger partial charge in [-0.1, -0.05) is 32.6 Å². The van der Waals surface area contributed by atoms with Crippen LogP contribution in [0.25, 0.3) is 12.3 Å². The summed E-state index contributed by atoms with van der Waals surface area (Å²) in [4.78, 5) is 2.01. The van der Waals surface area contributed by atoms with Crippen LogP contribution in [0, 0.1) is 13.8 Å². The fourth-order valence-electron chi connectivity index (χ4n) is 1.94. The summed E-state index contributed by atoms with van der Waals surface area (Å²) in [7, 11) is 3.94. The molecule has 0 aliphatic rings. The van der Waals surface area contributed by atoms with E-state index in [0.717, 1.165) is 21.6 Å². The number of aryl methyl sites for hydroxylation is 2. The number of halogens is 2. The van der Waals surface area contributed by atoms with Gasteiger partial charge < -0.3 is 5.11 Å². The van der Waals surface area contributed by atoms with Gasteiger partial charge >= 0.3 is 0 Å². The first-order valence-corrected chi connectivity index (χ1v) is 8.45. The van der Waals surface area contributed by atoms with Crippen LogP contribution in [0.15, 0.2) is 12.1 Å². The summed E-state index contributed by atoms with van der Waals surface area (Å²) in [5.41, 5.74) is 1.77. The standard InChI is InChI=1S/C15H23NO.C2H6.CH2Cl2.Zn/c1-10-8-11(2)13(12(3)9-10)14(17)15(4,5)16(6)7;1-2;2-1-3;/h8-9,17H,1H2,2-7H3;1-2H3;1H2;. The number of nitrogens with zero attached hydrogens (tertiary/aromatic N) is 1. The van der Waals surface area contributed by atoms with Gasteiger partial charge in [-0.05, 0) is 58.1 Å². The molecule has 1 aromatic rings. The molecule has 5 heteroatoms. The van der Waals surface area contributed by atoms with Gasteiger partial charge in [0.1, 0.15) is 5.76 Å². The van der Waals surface area contributed by atoms with Crippen LogP contribution in [0.2, 0.25) is 0 Å². The number of rotatable bonds is 2. The quantitative estimate of drug-likeness (QED) is 0.581. The van der Waals surface area contributed by atoms with Crippen molar-refractivity contribution in [3.63, 3.8) is 0 Å². The first-order chi connectivity index (χ1) is 10.1. The Kier molecular flexibility index (Phi) is 16.0. The second-order valence-corrected chi connectivity index (χ2v) is 6.32. The number of hydrogen-bond acceptors (Lipinski definition) is 2. The van der Waals surface area contributed by atoms with E-state index in [0.29, 0.717) is 5.76 Å². The zero-order valence-corrected chi connectivity index (χ0v) is 20.4. The molecule has 0 saturated heterocycles. The van der Waals surface area contributed by atoms with Gasteiger partial charge in [0, 0.05) is 24.7 Å². The van der Waals surface area contributed by atoms with Crippen molar-refractivity contribution in [3.05, 3.63) is 33.7 Å². The number of aliphatic hydroxyl groups is 1. The van der Waals surface area contributed by atoms with E-state index in [2.05, 4.69) is 6.58 Å². The topological polar surface area (TPSA) is 23.5 Å². The summed E-state index contributed by atoms with van der Waals surface area (Å²) in [6.45, 7) is 16.0. The van der Waals surface area contributed by atoms with Gasteiger partial charge in [-0.15, -0.1) is 23.2 Å². The molecule has 0 aliphatic heterocycles. The minimum absolute atomic E-state index is 0. The van der Waals surface area contributed by atoms with Gasteiger partial charge in [0.05, 0.1) is 10.9 Å². The normalized spacial score (nSPS) is 9.87. The summed E-state index contributed by atoms with van der Waals surface area (Å²) in [5, 5.41) is 12.6. The maximum atomic E-state index is 10.5. The zero-order valence-electron chi connectivity index (χ0n) is 15.9. The monoisotopic (exact) mass is 411 g/mol. The van der Waals surface area contributed by atoms with Gasteiger partial charge in [-0.25, -0.2) is 0 Å². The average molecular weight is 414 g/mol. The minimum Gasteiger partial charge on any atom is -0.510 e. The Labute approximate surface area is 164 Å². The molecule has 0 aromatic heterocycles. The third kappa shape index (κ3) is 8.54. The van der Waals surface area contributed by atoms with E-state index in [4.69, 9.17) is 23.2 Å². The van der Waals surface area contributed by atoms with Crippen molar-refractivity contribution in [1.29, 1.82) is 0 Å². The Morgan fingerprint density at radius 2 is 1.43 bits per heavy atom. The van der Waals surface area contributed by atoms with Gasteiger partial charge in [0.25, 0.3) is 0 Å². The number of likely N-dealkylation sites (N-methyl/N-ethyl adjacent to an activating group) is 1. The fourth-order valence-corrected chi connectivity index (χ4v) is 1.94. The SMILES string of the molecule is C=c1cc(C)c(=C(O)C(C)(C)N(C)C)c(C)c1.CC.ClCCl.[Zn]. The molecule has 0 radical (unpaired) electrons. The maximum absolute atomic E-state index is 10.5. The second-order valence-electron chi connectivity index (χ2n) is 5.51. The first-order valence-electron chi connectivity index (χ1n) is 7.38. The van der Waals surface area contributed by atoms with E-state index in [1.165, 1.54) is 0 Å². The Hall–Kier alpha value is -0.0766. The second kappa shape index (κ2) is 13.2. The smallest absolute Gasteiger partial charge is 0.120 e. The summed E-state index contributed by atoms with van der Waals surface area (Å²) >= 11 is 9.53. The Balaban J connectivity index is -0.000000596. The van der Waals surface area contributed by atoms with Crippen LogP contribution in [0.5, 0.6) is 0 Å². The van der Waals surface area contributed by atoms with E-state index in [1.807, 2.05) is 72.7 Å². The molecule has 130 valence electrons. The predicted octanol–water partition coefficient (Wildman–Crippen LogP) is 4.17. The summed E-state index contributed by atoms with van der Waals surface area (Å²) in [6, 6.07) is 4.01. The zero-order chi connectivity index (χ0) is 18.1. The molecule has 0 fully saturated rings. The molecular weight excluding hydrogens is 382 g/mol. The van der Waals surface area contributed by atoms with E-state index < -0.39 is 0 Å². The van der Waals surface area contributed by atoms with Crippen LogP contribution < -0.4 is 10.4 Å². The van der Waals surface area contributed by atoms with Crippen molar-refractivity contribution in [2.45, 2.75) is 47.1 Å². The summed E-state index contributed by atoms with van der Waals surface area (Å²) in [6.07, 6.45) is 0. The first kappa shape index (κ1) is 27.8. The molecule has 1 rings (SSSR count). The predicted molar refractivity (Wildman–Crippen MR) is 102 cm³/mol. The summed E-state index contributed by atoms with van der Waals surface area (Å²) in [5.74, 6) is 0.414. The molecule has 1 aromatic carbocycles. The van der Waals surface area contributed by atoms with E-state index in [-0.39, 0.29) is 30.4 Å². The largest absolute Gasteiger partial charge is 0.510 e. The van der Waals surface area contributed by atoms with Crippen molar-refractivity contribution in [2.75, 3.05) is 19.4 Å². The van der Waals surface area contributed by atoms with E-state index >= 15 is 0 Å². The number of aliphatic hydroxyl groups excluding tert-OH is 1. The number of benzene rings is 1. The molecule has 23 heavy (non-hydrogen) atoms. The van der Waals surface area contributed by atoms with Crippen LogP contribution in [-0.4, -0.2) is 35.0 Å². The average Bonchev–Trinajstić information content (AvgIpc) is 2.40. The van der Waals surface area contributed by atoms with Crippen LogP contribution in [-0.2, 0) is 19.5 Å². The van der Waals surface area contributed by atoms with Gasteiger partial charge in [0.15, 0.2) is 0 Å². The van der Waals surface area contributed by atoms with Gasteiger partial charge in [-0.3, -0.25) is 4.90 Å². The number of alkyl halides is 2. The molecule has 0 bridgehead atoms. The molecule has 2 nitrogen and oxygen atoms in total. The molecular formula is C18H31Cl2NOZn. The van der Waals surface area contributed by atoms with Crippen molar-refractivity contribution < 1.29 is 24.6 Å². The van der Waals surface area contributed by atoms with E-state index in [1.54, 1.807) is 0 Å². The molecule has 1 N–H and O–H groups in total. The molecule has 0 heterocycles. The Bertz CT molecular complexity index is 528. The molecule has 0 spiro atoms. The van der Waals surface area contributed by atoms with Crippen molar-refractivity contribution in [1.82, 2.24) is 4.90 Å². The van der Waals surface area contributed by atoms with Gasteiger partial charge in [0.2, 0.25) is 0 Å². The van der Waals surface area contributed by atoms with Crippen molar-refractivity contribution >= 4 is 35.5 Å². The Morgan fingerprint density at radius 1 is 1.13 bits per heavy atom. The molecule has 0 atom stereocenters.